The third-order valence-electron chi connectivity index (χ3n) is 3.91. The SMILES string of the molecule is COc1cccc(NC(=O)c2cc(-c3ccc(Cl)cc3[N+](=O)[O-])oc2C)c1. The number of hydrogen-bond acceptors (Lipinski definition) is 5. The van der Waals surface area contributed by atoms with Crippen molar-refractivity contribution in [2.45, 2.75) is 6.92 Å². The fourth-order valence-corrected chi connectivity index (χ4v) is 2.77. The number of aryl methyl sites for hydroxylation is 1. The minimum absolute atomic E-state index is 0.198. The van der Waals surface area contributed by atoms with Gasteiger partial charge in [-0.1, -0.05) is 17.7 Å². The van der Waals surface area contributed by atoms with Gasteiger partial charge in [-0.05, 0) is 37.3 Å². The molecule has 138 valence electrons. The number of methoxy groups -OCH3 is 1. The molecule has 0 atom stereocenters. The van der Waals surface area contributed by atoms with E-state index in [0.717, 1.165) is 0 Å². The van der Waals surface area contributed by atoms with Gasteiger partial charge in [-0.3, -0.25) is 14.9 Å². The summed E-state index contributed by atoms with van der Waals surface area (Å²) < 4.78 is 10.7. The smallest absolute Gasteiger partial charge is 0.281 e. The van der Waals surface area contributed by atoms with E-state index in [1.165, 1.54) is 31.4 Å². The molecule has 0 bridgehead atoms. The number of halogens is 1. The van der Waals surface area contributed by atoms with Gasteiger partial charge in [0.1, 0.15) is 17.3 Å². The van der Waals surface area contributed by atoms with Crippen molar-refractivity contribution in [2.24, 2.45) is 0 Å². The van der Waals surface area contributed by atoms with Gasteiger partial charge in [-0.25, -0.2) is 0 Å². The molecule has 1 heterocycles. The van der Waals surface area contributed by atoms with E-state index in [4.69, 9.17) is 20.8 Å². The molecule has 2 aromatic carbocycles. The van der Waals surface area contributed by atoms with Gasteiger partial charge in [0.2, 0.25) is 0 Å². The fraction of sp³-hybridized carbons (Fsp3) is 0.105. The van der Waals surface area contributed by atoms with Gasteiger partial charge in [-0.15, -0.1) is 0 Å². The molecule has 3 aromatic rings. The van der Waals surface area contributed by atoms with Gasteiger partial charge in [-0.2, -0.15) is 0 Å². The van der Waals surface area contributed by atoms with Gasteiger partial charge in [0, 0.05) is 22.8 Å². The van der Waals surface area contributed by atoms with Crippen molar-refractivity contribution in [3.8, 4) is 17.1 Å². The molecule has 0 fully saturated rings. The zero-order chi connectivity index (χ0) is 19.6. The van der Waals surface area contributed by atoms with Gasteiger partial charge in [0.25, 0.3) is 11.6 Å². The third kappa shape index (κ3) is 3.93. The van der Waals surface area contributed by atoms with Crippen LogP contribution in [0, 0.1) is 17.0 Å². The van der Waals surface area contributed by atoms with Crippen molar-refractivity contribution in [1.29, 1.82) is 0 Å². The summed E-state index contributed by atoms with van der Waals surface area (Å²) in [7, 11) is 1.53. The molecule has 0 unspecified atom stereocenters. The first-order valence-electron chi connectivity index (χ1n) is 7.89. The van der Waals surface area contributed by atoms with Crippen molar-refractivity contribution in [1.82, 2.24) is 0 Å². The van der Waals surface area contributed by atoms with Crippen molar-refractivity contribution in [3.63, 3.8) is 0 Å². The van der Waals surface area contributed by atoms with E-state index in [0.29, 0.717) is 17.2 Å². The molecule has 1 amide bonds. The zero-order valence-electron chi connectivity index (χ0n) is 14.5. The summed E-state index contributed by atoms with van der Waals surface area (Å²) in [5, 5.41) is 14.3. The molecule has 0 aliphatic rings. The molecule has 8 heteroatoms. The highest BCUT2D eigenvalue weighted by Crippen LogP contribution is 2.34. The second kappa shape index (κ2) is 7.51. The predicted molar refractivity (Wildman–Crippen MR) is 101 cm³/mol. The average Bonchev–Trinajstić information content (AvgIpc) is 3.03. The monoisotopic (exact) mass is 386 g/mol. The highest BCUT2D eigenvalue weighted by Gasteiger charge is 2.22. The number of ether oxygens (including phenoxy) is 1. The minimum atomic E-state index is -0.547. The Balaban J connectivity index is 1.93. The normalized spacial score (nSPS) is 10.5. The number of nitro groups is 1. The summed E-state index contributed by atoms with van der Waals surface area (Å²) in [6.45, 7) is 1.62. The van der Waals surface area contributed by atoms with Crippen molar-refractivity contribution < 1.29 is 18.9 Å². The largest absolute Gasteiger partial charge is 0.497 e. The molecule has 1 N–H and O–H groups in total. The molecule has 0 spiro atoms. The van der Waals surface area contributed by atoms with E-state index >= 15 is 0 Å². The molecule has 27 heavy (non-hydrogen) atoms. The average molecular weight is 387 g/mol. The first-order valence-corrected chi connectivity index (χ1v) is 8.27. The number of hydrogen-bond donors (Lipinski definition) is 1. The molecule has 7 nitrogen and oxygen atoms in total. The van der Waals surface area contributed by atoms with Crippen LogP contribution in [0.4, 0.5) is 11.4 Å². The second-order valence-corrected chi connectivity index (χ2v) is 6.12. The summed E-state index contributed by atoms with van der Waals surface area (Å²) in [6, 6.07) is 12.6. The lowest BCUT2D eigenvalue weighted by Crippen LogP contribution is -2.12. The molecule has 3 rings (SSSR count). The summed E-state index contributed by atoms with van der Waals surface area (Å²) in [4.78, 5) is 23.3. The van der Waals surface area contributed by atoms with Crippen LogP contribution in [0.1, 0.15) is 16.1 Å². The maximum absolute atomic E-state index is 12.6. The summed E-state index contributed by atoms with van der Waals surface area (Å²) in [5.41, 5.74) is 0.875. The van der Waals surface area contributed by atoms with Crippen LogP contribution in [0.15, 0.2) is 52.9 Å². The summed E-state index contributed by atoms with van der Waals surface area (Å²) in [5.74, 6) is 0.767. The molecule has 1 aromatic heterocycles. The highest BCUT2D eigenvalue weighted by atomic mass is 35.5. The lowest BCUT2D eigenvalue weighted by atomic mass is 10.1. The Morgan fingerprint density at radius 3 is 2.70 bits per heavy atom. The van der Waals surface area contributed by atoms with E-state index < -0.39 is 10.8 Å². The third-order valence-corrected chi connectivity index (χ3v) is 4.15. The Kier molecular flexibility index (Phi) is 5.14. The number of nitro benzene ring substituents is 1. The molecule has 0 radical (unpaired) electrons. The number of nitrogens with zero attached hydrogens (tertiary/aromatic N) is 1. The van der Waals surface area contributed by atoms with Crippen LogP contribution in [-0.2, 0) is 0 Å². The number of rotatable bonds is 5. The zero-order valence-corrected chi connectivity index (χ0v) is 15.2. The van der Waals surface area contributed by atoms with Crippen LogP contribution in [0.25, 0.3) is 11.3 Å². The van der Waals surface area contributed by atoms with Crippen LogP contribution in [0.5, 0.6) is 5.75 Å². The minimum Gasteiger partial charge on any atom is -0.497 e. The molecule has 0 aliphatic carbocycles. The Bertz CT molecular complexity index is 1030. The first-order chi connectivity index (χ1) is 12.9. The number of amides is 1. The quantitative estimate of drug-likeness (QED) is 0.487. The Hall–Kier alpha value is -3.32. The second-order valence-electron chi connectivity index (χ2n) is 5.69. The number of anilines is 1. The van der Waals surface area contributed by atoms with Gasteiger partial charge in [0.15, 0.2) is 0 Å². The van der Waals surface area contributed by atoms with Crippen molar-refractivity contribution in [2.75, 3.05) is 12.4 Å². The van der Waals surface area contributed by atoms with Gasteiger partial charge < -0.3 is 14.5 Å². The maximum atomic E-state index is 12.6. The summed E-state index contributed by atoms with van der Waals surface area (Å²) >= 11 is 5.84. The van der Waals surface area contributed by atoms with Gasteiger partial charge >= 0.3 is 0 Å². The van der Waals surface area contributed by atoms with Gasteiger partial charge in [0.05, 0.1) is 23.2 Å². The van der Waals surface area contributed by atoms with E-state index in [9.17, 15) is 14.9 Å². The van der Waals surface area contributed by atoms with E-state index in [1.807, 2.05) is 0 Å². The van der Waals surface area contributed by atoms with Crippen LogP contribution >= 0.6 is 11.6 Å². The number of carbonyl (C=O) groups is 1. The molecular weight excluding hydrogens is 372 g/mol. The maximum Gasteiger partial charge on any atom is 0.281 e. The van der Waals surface area contributed by atoms with Crippen LogP contribution in [0.2, 0.25) is 5.02 Å². The summed E-state index contributed by atoms with van der Waals surface area (Å²) in [6.07, 6.45) is 0. The lowest BCUT2D eigenvalue weighted by Gasteiger charge is -2.06. The fourth-order valence-electron chi connectivity index (χ4n) is 2.60. The predicted octanol–water partition coefficient (Wildman–Crippen LogP) is 5.08. The lowest BCUT2D eigenvalue weighted by molar-refractivity contribution is -0.384. The number of nitrogens with one attached hydrogen (secondary N) is 1. The van der Waals surface area contributed by atoms with Crippen LogP contribution in [0.3, 0.4) is 0 Å². The Morgan fingerprint density at radius 1 is 1.22 bits per heavy atom. The molecule has 0 saturated heterocycles. The van der Waals surface area contributed by atoms with Crippen LogP contribution in [-0.4, -0.2) is 17.9 Å². The first kappa shape index (κ1) is 18.5. The number of carbonyl (C=O) groups excluding carboxylic acids is 1. The Labute approximate surface area is 159 Å². The number of benzene rings is 2. The van der Waals surface area contributed by atoms with Crippen LogP contribution < -0.4 is 10.1 Å². The topological polar surface area (TPSA) is 94.6 Å². The molecular formula is C19H15ClN2O5. The number of furan rings is 1. The Morgan fingerprint density at radius 2 is 2.00 bits per heavy atom. The highest BCUT2D eigenvalue weighted by molar-refractivity contribution is 6.30. The van der Waals surface area contributed by atoms with E-state index in [1.54, 1.807) is 31.2 Å². The molecule has 0 saturated carbocycles. The van der Waals surface area contributed by atoms with E-state index in [2.05, 4.69) is 5.32 Å². The molecule has 0 aliphatic heterocycles. The van der Waals surface area contributed by atoms with Crippen molar-refractivity contribution in [3.05, 3.63) is 75.0 Å². The van der Waals surface area contributed by atoms with Crippen molar-refractivity contribution >= 4 is 28.9 Å². The van der Waals surface area contributed by atoms with E-state index in [-0.39, 0.29) is 27.6 Å². The standard InChI is InChI=1S/C19H15ClN2O5/c1-11-16(19(23)21-13-4-3-5-14(9-13)26-2)10-18(27-11)15-7-6-12(20)8-17(15)22(24)25/h3-10H,1-2H3,(H,21,23).